The van der Waals surface area contributed by atoms with E-state index in [2.05, 4.69) is 6.07 Å². The first-order valence-corrected chi connectivity index (χ1v) is 6.95. The van der Waals surface area contributed by atoms with Crippen LogP contribution in [0.15, 0.2) is 82.6 Å². The van der Waals surface area contributed by atoms with Crippen molar-refractivity contribution in [2.75, 3.05) is 0 Å². The number of hydrogen-bond acceptors (Lipinski definition) is 1. The fraction of sp³-hybridized carbons (Fsp3) is 0. The summed E-state index contributed by atoms with van der Waals surface area (Å²) in [5.74, 6) is 0. The molecule has 0 heterocycles. The SMILES string of the molecule is O=S(c1ccccc1)c1ccc2ccccc2c1. The molecule has 0 aliphatic heterocycles. The van der Waals surface area contributed by atoms with Crippen LogP contribution in [0, 0.1) is 0 Å². The second-order valence-corrected chi connectivity index (χ2v) is 5.57. The van der Waals surface area contributed by atoms with E-state index in [0.717, 1.165) is 15.2 Å². The molecule has 0 aromatic heterocycles. The molecular formula is C16H12OS. The minimum absolute atomic E-state index is 0.841. The van der Waals surface area contributed by atoms with Crippen molar-refractivity contribution < 1.29 is 4.21 Å². The van der Waals surface area contributed by atoms with Crippen molar-refractivity contribution in [3.8, 4) is 0 Å². The molecule has 3 aromatic rings. The van der Waals surface area contributed by atoms with Crippen molar-refractivity contribution in [3.05, 3.63) is 72.8 Å². The van der Waals surface area contributed by atoms with Crippen LogP contribution in [-0.4, -0.2) is 4.21 Å². The molecule has 3 aromatic carbocycles. The highest BCUT2D eigenvalue weighted by molar-refractivity contribution is 7.85. The molecule has 1 nitrogen and oxygen atoms in total. The largest absolute Gasteiger partial charge is 0.249 e. The third-order valence-corrected chi connectivity index (χ3v) is 4.27. The molecule has 0 spiro atoms. The second-order valence-electron chi connectivity index (χ2n) is 4.09. The van der Waals surface area contributed by atoms with Crippen LogP contribution in [0.1, 0.15) is 0 Å². The molecule has 0 saturated heterocycles. The van der Waals surface area contributed by atoms with Crippen LogP contribution in [0.4, 0.5) is 0 Å². The Kier molecular flexibility index (Phi) is 2.95. The average molecular weight is 252 g/mol. The number of fused-ring (bicyclic) bond motifs is 1. The normalized spacial score (nSPS) is 12.4. The van der Waals surface area contributed by atoms with Gasteiger partial charge in [-0.15, -0.1) is 0 Å². The van der Waals surface area contributed by atoms with Crippen molar-refractivity contribution >= 4 is 21.6 Å². The van der Waals surface area contributed by atoms with E-state index in [0.29, 0.717) is 0 Å². The Morgan fingerprint density at radius 3 is 2.06 bits per heavy atom. The van der Waals surface area contributed by atoms with Crippen molar-refractivity contribution in [1.29, 1.82) is 0 Å². The van der Waals surface area contributed by atoms with E-state index in [-0.39, 0.29) is 0 Å². The first-order chi connectivity index (χ1) is 8.84. The van der Waals surface area contributed by atoms with Crippen LogP contribution in [0.25, 0.3) is 10.8 Å². The van der Waals surface area contributed by atoms with Gasteiger partial charge in [-0.25, -0.2) is 4.21 Å². The molecule has 3 rings (SSSR count). The standard InChI is InChI=1S/C16H12OS/c17-18(15-8-2-1-3-9-15)16-11-10-13-6-4-5-7-14(13)12-16/h1-12H. The predicted octanol–water partition coefficient (Wildman–Crippen LogP) is 4.01. The molecule has 0 N–H and O–H groups in total. The summed E-state index contributed by atoms with van der Waals surface area (Å²) in [5, 5.41) is 2.30. The fourth-order valence-corrected chi connectivity index (χ4v) is 3.07. The Morgan fingerprint density at radius 1 is 0.611 bits per heavy atom. The number of benzene rings is 3. The Hall–Kier alpha value is -1.93. The molecule has 2 heteroatoms. The lowest BCUT2D eigenvalue weighted by Crippen LogP contribution is -1.92. The lowest BCUT2D eigenvalue weighted by atomic mass is 10.1. The molecule has 0 aliphatic carbocycles. The van der Waals surface area contributed by atoms with Crippen LogP contribution >= 0.6 is 0 Å². The second kappa shape index (κ2) is 4.75. The summed E-state index contributed by atoms with van der Waals surface area (Å²) in [5.41, 5.74) is 0. The summed E-state index contributed by atoms with van der Waals surface area (Å²) < 4.78 is 12.4. The molecule has 0 bridgehead atoms. The summed E-state index contributed by atoms with van der Waals surface area (Å²) in [6.45, 7) is 0. The van der Waals surface area contributed by atoms with Gasteiger partial charge in [0.15, 0.2) is 0 Å². The van der Waals surface area contributed by atoms with E-state index < -0.39 is 10.8 Å². The van der Waals surface area contributed by atoms with Gasteiger partial charge in [0.25, 0.3) is 0 Å². The smallest absolute Gasteiger partial charge is 0.0849 e. The first kappa shape index (κ1) is 11.2. The maximum atomic E-state index is 12.4. The zero-order chi connectivity index (χ0) is 12.4. The van der Waals surface area contributed by atoms with Gasteiger partial charge in [0, 0.05) is 9.79 Å². The van der Waals surface area contributed by atoms with Crippen molar-refractivity contribution in [3.63, 3.8) is 0 Å². The van der Waals surface area contributed by atoms with Crippen molar-refractivity contribution in [2.24, 2.45) is 0 Å². The van der Waals surface area contributed by atoms with Crippen LogP contribution in [0.3, 0.4) is 0 Å². The molecule has 1 unspecified atom stereocenters. The van der Waals surface area contributed by atoms with Gasteiger partial charge in [-0.05, 0) is 35.0 Å². The minimum atomic E-state index is -1.10. The monoisotopic (exact) mass is 252 g/mol. The van der Waals surface area contributed by atoms with Gasteiger partial charge in [0.1, 0.15) is 0 Å². The molecule has 0 amide bonds. The Balaban J connectivity index is 2.07. The Labute approximate surface area is 109 Å². The molecule has 1 atom stereocenters. The summed E-state index contributed by atoms with van der Waals surface area (Å²) in [7, 11) is -1.10. The molecule has 0 fully saturated rings. The van der Waals surface area contributed by atoms with Crippen LogP contribution in [0.5, 0.6) is 0 Å². The highest BCUT2D eigenvalue weighted by Crippen LogP contribution is 2.21. The van der Waals surface area contributed by atoms with Gasteiger partial charge >= 0.3 is 0 Å². The highest BCUT2D eigenvalue weighted by Gasteiger charge is 2.06. The molecular weight excluding hydrogens is 240 g/mol. The maximum Gasteiger partial charge on any atom is 0.0849 e. The minimum Gasteiger partial charge on any atom is -0.249 e. The molecule has 0 saturated carbocycles. The molecule has 0 aliphatic rings. The predicted molar refractivity (Wildman–Crippen MR) is 75.1 cm³/mol. The van der Waals surface area contributed by atoms with Crippen LogP contribution < -0.4 is 0 Å². The Bertz CT molecular complexity index is 704. The highest BCUT2D eigenvalue weighted by atomic mass is 32.2. The zero-order valence-electron chi connectivity index (χ0n) is 9.74. The fourth-order valence-electron chi connectivity index (χ4n) is 1.96. The summed E-state index contributed by atoms with van der Waals surface area (Å²) in [4.78, 5) is 1.69. The number of hydrogen-bond donors (Lipinski definition) is 0. The lowest BCUT2D eigenvalue weighted by molar-refractivity contribution is 0.683. The summed E-state index contributed by atoms with van der Waals surface area (Å²) >= 11 is 0. The molecule has 0 radical (unpaired) electrons. The van der Waals surface area contributed by atoms with E-state index >= 15 is 0 Å². The molecule has 88 valence electrons. The maximum absolute atomic E-state index is 12.4. The van der Waals surface area contributed by atoms with E-state index in [1.807, 2.05) is 66.7 Å². The average Bonchev–Trinajstić information content (AvgIpc) is 2.47. The third-order valence-electron chi connectivity index (χ3n) is 2.89. The first-order valence-electron chi connectivity index (χ1n) is 5.80. The quantitative estimate of drug-likeness (QED) is 0.673. The summed E-state index contributed by atoms with van der Waals surface area (Å²) in [6, 6.07) is 23.6. The Morgan fingerprint density at radius 2 is 1.28 bits per heavy atom. The van der Waals surface area contributed by atoms with E-state index in [4.69, 9.17) is 0 Å². The lowest BCUT2D eigenvalue weighted by Gasteiger charge is -2.04. The van der Waals surface area contributed by atoms with Gasteiger partial charge in [0.2, 0.25) is 0 Å². The van der Waals surface area contributed by atoms with E-state index in [1.54, 1.807) is 0 Å². The van der Waals surface area contributed by atoms with Gasteiger partial charge < -0.3 is 0 Å². The summed E-state index contributed by atoms with van der Waals surface area (Å²) in [6.07, 6.45) is 0. The van der Waals surface area contributed by atoms with Crippen molar-refractivity contribution in [1.82, 2.24) is 0 Å². The third kappa shape index (κ3) is 2.07. The zero-order valence-corrected chi connectivity index (χ0v) is 10.6. The van der Waals surface area contributed by atoms with Gasteiger partial charge in [-0.2, -0.15) is 0 Å². The van der Waals surface area contributed by atoms with Gasteiger partial charge in [0.05, 0.1) is 10.8 Å². The van der Waals surface area contributed by atoms with Gasteiger partial charge in [-0.3, -0.25) is 0 Å². The van der Waals surface area contributed by atoms with E-state index in [1.165, 1.54) is 5.39 Å². The van der Waals surface area contributed by atoms with Gasteiger partial charge in [-0.1, -0.05) is 48.5 Å². The number of rotatable bonds is 2. The van der Waals surface area contributed by atoms with E-state index in [9.17, 15) is 4.21 Å². The van der Waals surface area contributed by atoms with Crippen LogP contribution in [-0.2, 0) is 10.8 Å². The van der Waals surface area contributed by atoms with Crippen LogP contribution in [0.2, 0.25) is 0 Å². The topological polar surface area (TPSA) is 17.1 Å². The van der Waals surface area contributed by atoms with Crippen molar-refractivity contribution in [2.45, 2.75) is 9.79 Å². The molecule has 18 heavy (non-hydrogen) atoms.